The normalized spacial score (nSPS) is 11.2. The molecule has 2 nitrogen and oxygen atoms in total. The van der Waals surface area contributed by atoms with E-state index in [4.69, 9.17) is 0 Å². The quantitative estimate of drug-likeness (QED) is 0.724. The van der Waals surface area contributed by atoms with Gasteiger partial charge in [0.2, 0.25) is 0 Å². The fraction of sp³-hybridized carbons (Fsp3) is 0.222. The van der Waals surface area contributed by atoms with E-state index in [0.717, 1.165) is 34.5 Å². The number of aromatic amines is 1. The standard InChI is InChI=1S/C18H19FN2S/c1-12-18(15-11-14(19)7-8-16(15)21-12)22-17-6-4-3-5-13(17)9-10-20-2/h3-8,11,20-21H,9-10H2,1-2H3. The molecule has 0 aliphatic rings. The van der Waals surface area contributed by atoms with Gasteiger partial charge < -0.3 is 10.3 Å². The van der Waals surface area contributed by atoms with Gasteiger partial charge in [0.05, 0.1) is 0 Å². The van der Waals surface area contributed by atoms with Gasteiger partial charge in [-0.2, -0.15) is 0 Å². The second kappa shape index (κ2) is 6.55. The molecule has 3 aromatic rings. The van der Waals surface area contributed by atoms with E-state index >= 15 is 0 Å². The highest BCUT2D eigenvalue weighted by molar-refractivity contribution is 7.99. The minimum absolute atomic E-state index is 0.197. The topological polar surface area (TPSA) is 27.8 Å². The van der Waals surface area contributed by atoms with Gasteiger partial charge >= 0.3 is 0 Å². The molecule has 22 heavy (non-hydrogen) atoms. The third-order valence-corrected chi connectivity index (χ3v) is 5.07. The molecule has 0 amide bonds. The lowest BCUT2D eigenvalue weighted by atomic mass is 10.1. The summed E-state index contributed by atoms with van der Waals surface area (Å²) in [6.07, 6.45) is 0.982. The predicted molar refractivity (Wildman–Crippen MR) is 91.2 cm³/mol. The molecule has 1 heterocycles. The number of aryl methyl sites for hydroxylation is 1. The third kappa shape index (κ3) is 3.03. The first kappa shape index (κ1) is 15.1. The molecule has 0 saturated carbocycles. The summed E-state index contributed by atoms with van der Waals surface area (Å²) in [6, 6.07) is 13.3. The highest BCUT2D eigenvalue weighted by atomic mass is 32.2. The van der Waals surface area contributed by atoms with E-state index in [1.165, 1.54) is 16.5 Å². The Bertz CT molecular complexity index is 795. The zero-order chi connectivity index (χ0) is 15.5. The van der Waals surface area contributed by atoms with Gasteiger partial charge in [-0.3, -0.25) is 0 Å². The van der Waals surface area contributed by atoms with E-state index in [-0.39, 0.29) is 5.82 Å². The molecule has 0 atom stereocenters. The summed E-state index contributed by atoms with van der Waals surface area (Å²) in [4.78, 5) is 5.67. The van der Waals surface area contributed by atoms with Gasteiger partial charge in [0.15, 0.2) is 0 Å². The molecule has 0 aliphatic heterocycles. The number of benzene rings is 2. The number of rotatable bonds is 5. The molecule has 4 heteroatoms. The molecular formula is C18H19FN2S. The first-order valence-corrected chi connectivity index (χ1v) is 8.19. The predicted octanol–water partition coefficient (Wildman–Crippen LogP) is 4.53. The highest BCUT2D eigenvalue weighted by Crippen LogP contribution is 2.38. The molecule has 0 unspecified atom stereocenters. The summed E-state index contributed by atoms with van der Waals surface area (Å²) in [6.45, 7) is 2.98. The number of halogens is 1. The van der Waals surface area contributed by atoms with Crippen molar-refractivity contribution in [3.63, 3.8) is 0 Å². The Kier molecular flexibility index (Phi) is 4.50. The van der Waals surface area contributed by atoms with Gasteiger partial charge in [-0.25, -0.2) is 4.39 Å². The average molecular weight is 314 g/mol. The van der Waals surface area contributed by atoms with Crippen molar-refractivity contribution in [1.29, 1.82) is 0 Å². The van der Waals surface area contributed by atoms with Crippen LogP contribution in [0, 0.1) is 12.7 Å². The van der Waals surface area contributed by atoms with Crippen LogP contribution >= 0.6 is 11.8 Å². The van der Waals surface area contributed by atoms with Gasteiger partial charge in [-0.05, 0) is 56.8 Å². The molecule has 0 radical (unpaired) electrons. The van der Waals surface area contributed by atoms with E-state index in [1.54, 1.807) is 23.9 Å². The van der Waals surface area contributed by atoms with Gasteiger partial charge in [-0.15, -0.1) is 0 Å². The maximum absolute atomic E-state index is 13.6. The van der Waals surface area contributed by atoms with E-state index in [1.807, 2.05) is 14.0 Å². The Labute approximate surface area is 134 Å². The van der Waals surface area contributed by atoms with Crippen molar-refractivity contribution < 1.29 is 4.39 Å². The molecule has 2 N–H and O–H groups in total. The molecule has 0 saturated heterocycles. The summed E-state index contributed by atoms with van der Waals surface area (Å²) in [5.74, 6) is -0.197. The van der Waals surface area contributed by atoms with Crippen LogP contribution in [0.2, 0.25) is 0 Å². The molecule has 1 aromatic heterocycles. The van der Waals surface area contributed by atoms with Gasteiger partial charge in [0.1, 0.15) is 5.82 Å². The SMILES string of the molecule is CNCCc1ccccc1Sc1c(C)[nH]c2ccc(F)cc12. The number of hydrogen-bond acceptors (Lipinski definition) is 2. The molecule has 3 rings (SSSR count). The maximum Gasteiger partial charge on any atom is 0.123 e. The fourth-order valence-electron chi connectivity index (χ4n) is 2.59. The molecule has 114 valence electrons. The van der Waals surface area contributed by atoms with Crippen molar-refractivity contribution in [3.05, 3.63) is 59.5 Å². The number of nitrogens with one attached hydrogen (secondary N) is 2. The summed E-state index contributed by atoms with van der Waals surface area (Å²) in [5.41, 5.74) is 3.37. The van der Waals surface area contributed by atoms with Crippen LogP contribution in [0.25, 0.3) is 10.9 Å². The zero-order valence-corrected chi connectivity index (χ0v) is 13.6. The van der Waals surface area contributed by atoms with Crippen LogP contribution in [0.15, 0.2) is 52.3 Å². The van der Waals surface area contributed by atoms with Crippen LogP contribution < -0.4 is 5.32 Å². The van der Waals surface area contributed by atoms with Crippen LogP contribution in [0.4, 0.5) is 4.39 Å². The van der Waals surface area contributed by atoms with Crippen LogP contribution in [-0.4, -0.2) is 18.6 Å². The van der Waals surface area contributed by atoms with Gasteiger partial charge in [-0.1, -0.05) is 30.0 Å². The number of fused-ring (bicyclic) bond motifs is 1. The van der Waals surface area contributed by atoms with Crippen molar-refractivity contribution in [1.82, 2.24) is 10.3 Å². The number of likely N-dealkylation sites (N-methyl/N-ethyl adjacent to an activating group) is 1. The van der Waals surface area contributed by atoms with Crippen molar-refractivity contribution >= 4 is 22.7 Å². The highest BCUT2D eigenvalue weighted by Gasteiger charge is 2.12. The molecular weight excluding hydrogens is 295 g/mol. The smallest absolute Gasteiger partial charge is 0.123 e. The Morgan fingerprint density at radius 2 is 2.00 bits per heavy atom. The Balaban J connectivity index is 2.00. The molecule has 2 aromatic carbocycles. The van der Waals surface area contributed by atoms with Crippen molar-refractivity contribution in [2.45, 2.75) is 23.1 Å². The first-order chi connectivity index (χ1) is 10.7. The minimum atomic E-state index is -0.197. The summed E-state index contributed by atoms with van der Waals surface area (Å²) in [7, 11) is 1.96. The first-order valence-electron chi connectivity index (χ1n) is 7.37. The van der Waals surface area contributed by atoms with Crippen LogP contribution in [0.5, 0.6) is 0 Å². The van der Waals surface area contributed by atoms with Gasteiger partial charge in [0, 0.05) is 26.4 Å². The third-order valence-electron chi connectivity index (χ3n) is 3.72. The minimum Gasteiger partial charge on any atom is -0.358 e. The lowest BCUT2D eigenvalue weighted by molar-refractivity contribution is 0.629. The van der Waals surface area contributed by atoms with Crippen LogP contribution in [0.1, 0.15) is 11.3 Å². The van der Waals surface area contributed by atoms with Crippen molar-refractivity contribution in [3.8, 4) is 0 Å². The summed E-state index contributed by atoms with van der Waals surface area (Å²) in [5, 5.41) is 4.14. The summed E-state index contributed by atoms with van der Waals surface area (Å²) < 4.78 is 13.6. The van der Waals surface area contributed by atoms with Crippen molar-refractivity contribution in [2.24, 2.45) is 0 Å². The molecule has 0 bridgehead atoms. The van der Waals surface area contributed by atoms with Gasteiger partial charge in [0.25, 0.3) is 0 Å². The Morgan fingerprint density at radius 1 is 1.18 bits per heavy atom. The molecule has 0 fully saturated rings. The second-order valence-electron chi connectivity index (χ2n) is 5.33. The molecule has 0 spiro atoms. The summed E-state index contributed by atoms with van der Waals surface area (Å²) >= 11 is 1.71. The average Bonchev–Trinajstić information content (AvgIpc) is 2.82. The van der Waals surface area contributed by atoms with E-state index < -0.39 is 0 Å². The maximum atomic E-state index is 13.6. The van der Waals surface area contributed by atoms with E-state index in [9.17, 15) is 4.39 Å². The number of hydrogen-bond donors (Lipinski definition) is 2. The van der Waals surface area contributed by atoms with E-state index in [2.05, 4.69) is 34.6 Å². The van der Waals surface area contributed by atoms with E-state index in [0.29, 0.717) is 0 Å². The number of H-pyrrole nitrogens is 1. The fourth-order valence-corrected chi connectivity index (χ4v) is 3.74. The largest absolute Gasteiger partial charge is 0.358 e. The van der Waals surface area contributed by atoms with Crippen LogP contribution in [-0.2, 0) is 6.42 Å². The zero-order valence-electron chi connectivity index (χ0n) is 12.7. The van der Waals surface area contributed by atoms with Crippen molar-refractivity contribution in [2.75, 3.05) is 13.6 Å². The van der Waals surface area contributed by atoms with Crippen LogP contribution in [0.3, 0.4) is 0 Å². The number of aromatic nitrogens is 1. The lowest BCUT2D eigenvalue weighted by Gasteiger charge is -2.09. The monoisotopic (exact) mass is 314 g/mol. The molecule has 0 aliphatic carbocycles. The Hall–Kier alpha value is -1.78. The Morgan fingerprint density at radius 3 is 2.82 bits per heavy atom. The lowest BCUT2D eigenvalue weighted by Crippen LogP contribution is -2.10. The second-order valence-corrected chi connectivity index (χ2v) is 6.38.